The molecule has 0 spiro atoms. The number of rotatable bonds is 5. The fourth-order valence-electron chi connectivity index (χ4n) is 4.29. The normalized spacial score (nSPS) is 12.2. The van der Waals surface area contributed by atoms with E-state index in [0.717, 1.165) is 44.7 Å². The number of nitrogens with one attached hydrogen (secondary N) is 2. The molecular weight excluding hydrogens is 386 g/mol. The quantitative estimate of drug-likeness (QED) is 0.422. The van der Waals surface area contributed by atoms with Crippen LogP contribution in [-0.4, -0.2) is 21.9 Å². The lowest BCUT2D eigenvalue weighted by Crippen LogP contribution is -2.20. The van der Waals surface area contributed by atoms with Crippen LogP contribution in [0.5, 0.6) is 5.75 Å². The van der Waals surface area contributed by atoms with E-state index < -0.39 is 0 Å². The first-order valence-electron chi connectivity index (χ1n) is 10.2. The topological polar surface area (TPSA) is 62.8 Å². The fraction of sp³-hybridized carbons (Fsp3) is 0.115. The van der Waals surface area contributed by atoms with Gasteiger partial charge >= 0.3 is 0 Å². The predicted molar refractivity (Wildman–Crippen MR) is 123 cm³/mol. The van der Waals surface area contributed by atoms with Gasteiger partial charge in [0.05, 0.1) is 18.4 Å². The first-order chi connectivity index (χ1) is 15.2. The smallest absolute Gasteiger partial charge is 0.275 e. The van der Waals surface area contributed by atoms with Crippen molar-refractivity contribution in [1.82, 2.24) is 14.8 Å². The lowest BCUT2D eigenvalue weighted by molar-refractivity contribution is 0.414. The van der Waals surface area contributed by atoms with Crippen LogP contribution in [-0.2, 0) is 0 Å². The van der Waals surface area contributed by atoms with Crippen LogP contribution in [0.1, 0.15) is 28.3 Å². The number of fused-ring (bicyclic) bond motifs is 1. The van der Waals surface area contributed by atoms with E-state index in [9.17, 15) is 4.79 Å². The second-order valence-electron chi connectivity index (χ2n) is 7.62. The molecule has 31 heavy (non-hydrogen) atoms. The predicted octanol–water partition coefficient (Wildman–Crippen LogP) is 5.14. The Labute approximate surface area is 179 Å². The molecule has 0 fully saturated rings. The SMILES string of the molecule is COc1ccc(C(c2c(C)[nH]n(-c3ccccc3)c2=O)c2c[nH]c3ccccc23)cc1. The summed E-state index contributed by atoms with van der Waals surface area (Å²) in [7, 11) is 1.65. The number of ether oxygens (including phenoxy) is 1. The molecule has 0 aliphatic carbocycles. The third-order valence-electron chi connectivity index (χ3n) is 5.80. The highest BCUT2D eigenvalue weighted by atomic mass is 16.5. The van der Waals surface area contributed by atoms with Gasteiger partial charge in [-0.05, 0) is 48.4 Å². The van der Waals surface area contributed by atoms with E-state index in [1.165, 1.54) is 0 Å². The molecule has 1 unspecified atom stereocenters. The lowest BCUT2D eigenvalue weighted by atomic mass is 9.85. The van der Waals surface area contributed by atoms with Crippen molar-refractivity contribution in [2.75, 3.05) is 7.11 Å². The van der Waals surface area contributed by atoms with E-state index in [0.29, 0.717) is 0 Å². The summed E-state index contributed by atoms with van der Waals surface area (Å²) in [6, 6.07) is 25.8. The van der Waals surface area contributed by atoms with Crippen LogP contribution in [0.3, 0.4) is 0 Å². The Kier molecular flexibility index (Phi) is 4.71. The minimum absolute atomic E-state index is 0.0465. The zero-order chi connectivity index (χ0) is 21.4. The maximum Gasteiger partial charge on any atom is 0.275 e. The highest BCUT2D eigenvalue weighted by Gasteiger charge is 2.27. The highest BCUT2D eigenvalue weighted by molar-refractivity contribution is 5.84. The van der Waals surface area contributed by atoms with Crippen LogP contribution in [0.2, 0.25) is 0 Å². The molecule has 0 aliphatic rings. The summed E-state index contributed by atoms with van der Waals surface area (Å²) in [5, 5.41) is 4.39. The molecule has 2 aromatic heterocycles. The van der Waals surface area contributed by atoms with Crippen molar-refractivity contribution in [1.29, 1.82) is 0 Å². The molecule has 2 N–H and O–H groups in total. The Morgan fingerprint density at radius 3 is 2.35 bits per heavy atom. The number of para-hydroxylation sites is 2. The Morgan fingerprint density at radius 1 is 0.903 bits per heavy atom. The Morgan fingerprint density at radius 2 is 1.61 bits per heavy atom. The lowest BCUT2D eigenvalue weighted by Gasteiger charge is -2.17. The van der Waals surface area contributed by atoms with Gasteiger partial charge in [-0.25, -0.2) is 4.68 Å². The molecule has 5 rings (SSSR count). The van der Waals surface area contributed by atoms with Gasteiger partial charge in [0.1, 0.15) is 5.75 Å². The molecule has 5 heteroatoms. The molecule has 0 aliphatic heterocycles. The second-order valence-corrected chi connectivity index (χ2v) is 7.62. The molecule has 0 saturated carbocycles. The van der Waals surface area contributed by atoms with Crippen LogP contribution in [0, 0.1) is 6.92 Å². The van der Waals surface area contributed by atoms with E-state index in [1.807, 2.05) is 79.9 Å². The number of methoxy groups -OCH3 is 1. The Hall–Kier alpha value is -3.99. The van der Waals surface area contributed by atoms with Gasteiger partial charge in [-0.15, -0.1) is 0 Å². The van der Waals surface area contributed by atoms with Crippen LogP contribution in [0.4, 0.5) is 0 Å². The minimum Gasteiger partial charge on any atom is -0.497 e. The third-order valence-corrected chi connectivity index (χ3v) is 5.80. The van der Waals surface area contributed by atoms with Gasteiger partial charge in [0.25, 0.3) is 5.56 Å². The summed E-state index contributed by atoms with van der Waals surface area (Å²) in [5.41, 5.74) is 5.50. The van der Waals surface area contributed by atoms with E-state index in [1.54, 1.807) is 11.8 Å². The van der Waals surface area contributed by atoms with Gasteiger partial charge in [0.15, 0.2) is 0 Å². The standard InChI is InChI=1S/C26H23N3O2/c1-17-24(26(30)29(28-17)19-8-4-3-5-9-19)25(18-12-14-20(31-2)15-13-18)22-16-27-23-11-7-6-10-21(22)23/h3-16,25,27-28H,1-2H3. The molecule has 5 nitrogen and oxygen atoms in total. The third kappa shape index (κ3) is 3.24. The maximum atomic E-state index is 13.7. The summed E-state index contributed by atoms with van der Waals surface area (Å²) in [6.45, 7) is 1.96. The molecular formula is C26H23N3O2. The number of aromatic amines is 2. The van der Waals surface area contributed by atoms with Crippen molar-refractivity contribution in [2.24, 2.45) is 0 Å². The molecule has 2 heterocycles. The van der Waals surface area contributed by atoms with Crippen molar-refractivity contribution in [3.05, 3.63) is 118 Å². The van der Waals surface area contributed by atoms with Gasteiger partial charge in [0.2, 0.25) is 0 Å². The Bertz CT molecular complexity index is 1390. The first kappa shape index (κ1) is 19.0. The molecule has 1 atom stereocenters. The molecule has 5 aromatic rings. The fourth-order valence-corrected chi connectivity index (χ4v) is 4.29. The van der Waals surface area contributed by atoms with Crippen LogP contribution in [0.15, 0.2) is 89.9 Å². The van der Waals surface area contributed by atoms with E-state index in [2.05, 4.69) is 22.2 Å². The number of benzene rings is 3. The largest absolute Gasteiger partial charge is 0.497 e. The van der Waals surface area contributed by atoms with Gasteiger partial charge in [-0.1, -0.05) is 48.5 Å². The summed E-state index contributed by atoms with van der Waals surface area (Å²) >= 11 is 0. The van der Waals surface area contributed by atoms with Crippen molar-refractivity contribution in [3.63, 3.8) is 0 Å². The molecule has 154 valence electrons. The van der Waals surface area contributed by atoms with E-state index >= 15 is 0 Å². The van der Waals surface area contributed by atoms with Gasteiger partial charge in [-0.3, -0.25) is 9.89 Å². The molecule has 0 radical (unpaired) electrons. The molecule has 0 amide bonds. The van der Waals surface area contributed by atoms with Crippen molar-refractivity contribution in [2.45, 2.75) is 12.8 Å². The number of hydrogen-bond donors (Lipinski definition) is 2. The molecule has 3 aromatic carbocycles. The Balaban J connectivity index is 1.75. The number of H-pyrrole nitrogens is 2. The number of aryl methyl sites for hydroxylation is 1. The maximum absolute atomic E-state index is 13.7. The molecule has 0 saturated heterocycles. The van der Waals surface area contributed by atoms with E-state index in [4.69, 9.17) is 4.74 Å². The second kappa shape index (κ2) is 7.69. The zero-order valence-electron chi connectivity index (χ0n) is 17.4. The van der Waals surface area contributed by atoms with Crippen LogP contribution in [0.25, 0.3) is 16.6 Å². The van der Waals surface area contributed by atoms with Crippen molar-refractivity contribution < 1.29 is 4.74 Å². The summed E-state index contributed by atoms with van der Waals surface area (Å²) < 4.78 is 6.97. The first-order valence-corrected chi connectivity index (χ1v) is 10.2. The van der Waals surface area contributed by atoms with Gasteiger partial charge in [-0.2, -0.15) is 0 Å². The van der Waals surface area contributed by atoms with Gasteiger partial charge < -0.3 is 9.72 Å². The summed E-state index contributed by atoms with van der Waals surface area (Å²) in [4.78, 5) is 17.0. The van der Waals surface area contributed by atoms with Crippen molar-refractivity contribution >= 4 is 10.9 Å². The summed E-state index contributed by atoms with van der Waals surface area (Å²) in [6.07, 6.45) is 2.01. The van der Waals surface area contributed by atoms with Gasteiger partial charge in [0, 0.05) is 28.7 Å². The average Bonchev–Trinajstić information content (AvgIpc) is 3.37. The monoisotopic (exact) mass is 409 g/mol. The van der Waals surface area contributed by atoms with Crippen molar-refractivity contribution in [3.8, 4) is 11.4 Å². The number of nitrogens with zero attached hydrogens (tertiary/aromatic N) is 1. The molecule has 0 bridgehead atoms. The summed E-state index contributed by atoms with van der Waals surface area (Å²) in [5.74, 6) is 0.560. The zero-order valence-corrected chi connectivity index (χ0v) is 17.4. The number of aromatic nitrogens is 3. The van der Waals surface area contributed by atoms with Crippen LogP contribution < -0.4 is 10.3 Å². The van der Waals surface area contributed by atoms with E-state index in [-0.39, 0.29) is 11.5 Å². The highest BCUT2D eigenvalue weighted by Crippen LogP contribution is 2.36. The number of hydrogen-bond acceptors (Lipinski definition) is 2. The average molecular weight is 409 g/mol. The minimum atomic E-state index is -0.226. The van der Waals surface area contributed by atoms with Crippen LogP contribution >= 0.6 is 0 Å².